The van der Waals surface area contributed by atoms with E-state index < -0.39 is 0 Å². The highest BCUT2D eigenvalue weighted by atomic mass is 16.1. The van der Waals surface area contributed by atoms with Gasteiger partial charge in [0.2, 0.25) is 6.08 Å². The SMILES string of the molecule is CCC(C)CC(C)N=C=O. The summed E-state index contributed by atoms with van der Waals surface area (Å²) < 4.78 is 0. The summed E-state index contributed by atoms with van der Waals surface area (Å²) in [6, 6.07) is 0.146. The fourth-order valence-corrected chi connectivity index (χ4v) is 0.892. The molecule has 0 N–H and O–H groups in total. The molecule has 0 saturated heterocycles. The van der Waals surface area contributed by atoms with Gasteiger partial charge in [0.15, 0.2) is 0 Å². The Hall–Kier alpha value is -0.620. The van der Waals surface area contributed by atoms with Gasteiger partial charge in [0.05, 0.1) is 6.04 Å². The Morgan fingerprint density at radius 1 is 1.50 bits per heavy atom. The molecule has 0 spiro atoms. The Kier molecular flexibility index (Phi) is 4.87. The van der Waals surface area contributed by atoms with Crippen LogP contribution in [0.4, 0.5) is 0 Å². The number of carbonyl (C=O) groups excluding carboxylic acids is 1. The van der Waals surface area contributed by atoms with Crippen molar-refractivity contribution < 1.29 is 4.79 Å². The monoisotopic (exact) mass is 141 g/mol. The second kappa shape index (κ2) is 5.19. The van der Waals surface area contributed by atoms with E-state index in [4.69, 9.17) is 0 Å². The van der Waals surface area contributed by atoms with E-state index in [-0.39, 0.29) is 6.04 Å². The lowest BCUT2D eigenvalue weighted by Crippen LogP contribution is -2.04. The summed E-state index contributed by atoms with van der Waals surface area (Å²) in [5.41, 5.74) is 0. The highest BCUT2D eigenvalue weighted by Gasteiger charge is 2.04. The van der Waals surface area contributed by atoms with E-state index in [0.717, 1.165) is 12.8 Å². The Labute approximate surface area is 62.4 Å². The fourth-order valence-electron chi connectivity index (χ4n) is 0.892. The van der Waals surface area contributed by atoms with Crippen molar-refractivity contribution in [3.05, 3.63) is 0 Å². The molecule has 0 rings (SSSR count). The average Bonchev–Trinajstić information content (AvgIpc) is 1.88. The van der Waals surface area contributed by atoms with Crippen LogP contribution in [0.3, 0.4) is 0 Å². The number of hydrogen-bond acceptors (Lipinski definition) is 2. The van der Waals surface area contributed by atoms with E-state index in [9.17, 15) is 4.79 Å². The summed E-state index contributed by atoms with van der Waals surface area (Å²) in [5, 5.41) is 0. The normalized spacial score (nSPS) is 15.5. The van der Waals surface area contributed by atoms with Crippen LogP contribution in [-0.2, 0) is 4.79 Å². The molecule has 0 aromatic heterocycles. The smallest absolute Gasteiger partial charge is 0.211 e. The number of aliphatic imine (C=N–C) groups is 1. The molecule has 2 heteroatoms. The quantitative estimate of drug-likeness (QED) is 0.435. The van der Waals surface area contributed by atoms with Crippen LogP contribution < -0.4 is 0 Å². The number of rotatable bonds is 4. The largest absolute Gasteiger partial charge is 0.235 e. The van der Waals surface area contributed by atoms with Gasteiger partial charge >= 0.3 is 0 Å². The van der Waals surface area contributed by atoms with Crippen LogP contribution in [0.1, 0.15) is 33.6 Å². The first kappa shape index (κ1) is 9.38. The zero-order valence-corrected chi connectivity index (χ0v) is 6.92. The molecule has 2 nitrogen and oxygen atoms in total. The Morgan fingerprint density at radius 3 is 2.50 bits per heavy atom. The average molecular weight is 141 g/mol. The van der Waals surface area contributed by atoms with Crippen LogP contribution in [0.2, 0.25) is 0 Å². The lowest BCUT2D eigenvalue weighted by Gasteiger charge is -2.09. The van der Waals surface area contributed by atoms with Gasteiger partial charge in [0.1, 0.15) is 0 Å². The maximum atomic E-state index is 9.79. The molecular weight excluding hydrogens is 126 g/mol. The summed E-state index contributed by atoms with van der Waals surface area (Å²) in [6.45, 7) is 6.25. The lowest BCUT2D eigenvalue weighted by atomic mass is 10.0. The minimum absolute atomic E-state index is 0.146. The van der Waals surface area contributed by atoms with E-state index >= 15 is 0 Å². The topological polar surface area (TPSA) is 29.4 Å². The standard InChI is InChI=1S/C8H15NO/c1-4-7(2)5-8(3)9-6-10/h7-8H,4-5H2,1-3H3. The molecule has 0 fully saturated rings. The van der Waals surface area contributed by atoms with Crippen LogP contribution in [0.5, 0.6) is 0 Å². The second-order valence-corrected chi connectivity index (χ2v) is 2.82. The van der Waals surface area contributed by atoms with Gasteiger partial charge in [-0.3, -0.25) is 0 Å². The lowest BCUT2D eigenvalue weighted by molar-refractivity contribution is 0.467. The Morgan fingerprint density at radius 2 is 2.10 bits per heavy atom. The Bertz CT molecular complexity index is 127. The molecule has 0 aliphatic carbocycles. The van der Waals surface area contributed by atoms with Crippen molar-refractivity contribution in [2.24, 2.45) is 10.9 Å². The van der Waals surface area contributed by atoms with Crippen molar-refractivity contribution in [2.75, 3.05) is 0 Å². The first-order valence-corrected chi connectivity index (χ1v) is 3.77. The van der Waals surface area contributed by atoms with E-state index in [0.29, 0.717) is 5.92 Å². The van der Waals surface area contributed by atoms with Gasteiger partial charge in [-0.2, -0.15) is 0 Å². The molecule has 10 heavy (non-hydrogen) atoms. The first-order valence-electron chi connectivity index (χ1n) is 3.77. The van der Waals surface area contributed by atoms with Gasteiger partial charge in [-0.15, -0.1) is 0 Å². The zero-order valence-electron chi connectivity index (χ0n) is 6.92. The molecule has 0 aromatic rings. The van der Waals surface area contributed by atoms with Crippen molar-refractivity contribution >= 4 is 6.08 Å². The van der Waals surface area contributed by atoms with Crippen LogP contribution >= 0.6 is 0 Å². The van der Waals surface area contributed by atoms with Crippen LogP contribution in [0, 0.1) is 5.92 Å². The molecule has 0 radical (unpaired) electrons. The molecule has 58 valence electrons. The van der Waals surface area contributed by atoms with Crippen molar-refractivity contribution in [1.29, 1.82) is 0 Å². The van der Waals surface area contributed by atoms with Crippen molar-refractivity contribution in [3.8, 4) is 0 Å². The van der Waals surface area contributed by atoms with Gasteiger partial charge < -0.3 is 0 Å². The predicted octanol–water partition coefficient (Wildman–Crippen LogP) is 2.15. The molecule has 0 aromatic carbocycles. The van der Waals surface area contributed by atoms with Crippen LogP contribution in [-0.4, -0.2) is 12.1 Å². The third kappa shape index (κ3) is 4.28. The van der Waals surface area contributed by atoms with Crippen LogP contribution in [0.15, 0.2) is 4.99 Å². The van der Waals surface area contributed by atoms with Gasteiger partial charge in [-0.1, -0.05) is 20.3 Å². The van der Waals surface area contributed by atoms with Crippen LogP contribution in [0.25, 0.3) is 0 Å². The van der Waals surface area contributed by atoms with Gasteiger partial charge in [-0.05, 0) is 19.3 Å². The molecular formula is C8H15NO. The molecule has 2 atom stereocenters. The maximum Gasteiger partial charge on any atom is 0.235 e. The van der Waals surface area contributed by atoms with Gasteiger partial charge in [0, 0.05) is 0 Å². The summed E-state index contributed by atoms with van der Waals surface area (Å²) in [4.78, 5) is 13.4. The van der Waals surface area contributed by atoms with Gasteiger partial charge in [0.25, 0.3) is 0 Å². The van der Waals surface area contributed by atoms with E-state index in [1.54, 1.807) is 6.08 Å². The predicted molar refractivity (Wildman–Crippen MR) is 41.7 cm³/mol. The molecule has 0 aliphatic rings. The number of nitrogens with zero attached hydrogens (tertiary/aromatic N) is 1. The minimum atomic E-state index is 0.146. The minimum Gasteiger partial charge on any atom is -0.211 e. The third-order valence-corrected chi connectivity index (χ3v) is 1.71. The summed E-state index contributed by atoms with van der Waals surface area (Å²) in [7, 11) is 0. The molecule has 0 bridgehead atoms. The van der Waals surface area contributed by atoms with E-state index in [1.165, 1.54) is 0 Å². The summed E-state index contributed by atoms with van der Waals surface area (Å²) >= 11 is 0. The fraction of sp³-hybridized carbons (Fsp3) is 0.875. The van der Waals surface area contributed by atoms with Crippen molar-refractivity contribution in [1.82, 2.24) is 0 Å². The first-order chi connectivity index (χ1) is 4.70. The van der Waals surface area contributed by atoms with Crippen molar-refractivity contribution in [3.63, 3.8) is 0 Å². The summed E-state index contributed by atoms with van der Waals surface area (Å²) in [6.07, 6.45) is 3.72. The third-order valence-electron chi connectivity index (χ3n) is 1.71. The summed E-state index contributed by atoms with van der Waals surface area (Å²) in [5.74, 6) is 0.659. The van der Waals surface area contributed by atoms with Crippen molar-refractivity contribution in [2.45, 2.75) is 39.7 Å². The molecule has 0 aliphatic heterocycles. The van der Waals surface area contributed by atoms with Gasteiger partial charge in [-0.25, -0.2) is 9.79 Å². The molecule has 0 amide bonds. The molecule has 2 unspecified atom stereocenters. The molecule has 0 saturated carbocycles. The van der Waals surface area contributed by atoms with E-state index in [2.05, 4.69) is 18.8 Å². The number of isocyanates is 1. The number of hydrogen-bond donors (Lipinski definition) is 0. The zero-order chi connectivity index (χ0) is 7.98. The highest BCUT2D eigenvalue weighted by molar-refractivity contribution is 5.33. The highest BCUT2D eigenvalue weighted by Crippen LogP contribution is 2.10. The molecule has 0 heterocycles. The Balaban J connectivity index is 3.56. The van der Waals surface area contributed by atoms with E-state index in [1.807, 2.05) is 6.92 Å². The second-order valence-electron chi connectivity index (χ2n) is 2.82. The maximum absolute atomic E-state index is 9.79.